The van der Waals surface area contributed by atoms with Crippen molar-refractivity contribution in [1.29, 1.82) is 0 Å². The molecular weight excluding hydrogens is 346 g/mol. The summed E-state index contributed by atoms with van der Waals surface area (Å²) in [5.41, 5.74) is 2.42. The van der Waals surface area contributed by atoms with E-state index in [1.165, 1.54) is 11.1 Å². The highest BCUT2D eigenvalue weighted by Crippen LogP contribution is 2.20. The molecule has 112 valence electrons. The summed E-state index contributed by atoms with van der Waals surface area (Å²) in [5.74, 6) is 0.577. The van der Waals surface area contributed by atoms with Crippen LogP contribution < -0.4 is 5.32 Å². The molecule has 0 spiro atoms. The quantitative estimate of drug-likeness (QED) is 0.830. The van der Waals surface area contributed by atoms with Gasteiger partial charge in [-0.15, -0.1) is 0 Å². The molecule has 0 aliphatic heterocycles. The van der Waals surface area contributed by atoms with E-state index in [9.17, 15) is 4.21 Å². The van der Waals surface area contributed by atoms with Crippen LogP contribution in [0.3, 0.4) is 0 Å². The van der Waals surface area contributed by atoms with E-state index in [0.717, 1.165) is 15.9 Å². The van der Waals surface area contributed by atoms with E-state index in [0.29, 0.717) is 5.75 Å². The molecule has 4 heteroatoms. The fourth-order valence-electron chi connectivity index (χ4n) is 2.17. The minimum Gasteiger partial charge on any atom is -0.309 e. The third-order valence-electron chi connectivity index (χ3n) is 3.31. The summed E-state index contributed by atoms with van der Waals surface area (Å²) in [7, 11) is -1.02. The van der Waals surface area contributed by atoms with E-state index in [1.54, 1.807) is 0 Å². The molecular formula is C17H20BrNOS. The molecule has 0 heterocycles. The van der Waals surface area contributed by atoms with Crippen molar-refractivity contribution in [3.8, 4) is 0 Å². The van der Waals surface area contributed by atoms with Crippen LogP contribution in [0.2, 0.25) is 0 Å². The van der Waals surface area contributed by atoms with Crippen LogP contribution in [0.5, 0.6) is 0 Å². The van der Waals surface area contributed by atoms with Crippen LogP contribution in [0.1, 0.15) is 24.1 Å². The Hall–Kier alpha value is -0.970. The highest BCUT2D eigenvalue weighted by atomic mass is 79.9. The zero-order chi connectivity index (χ0) is 15.2. The summed E-state index contributed by atoms with van der Waals surface area (Å²) in [6.45, 7) is 5.00. The third-order valence-corrected chi connectivity index (χ3v) is 5.22. The Morgan fingerprint density at radius 3 is 2.52 bits per heavy atom. The molecule has 1 N–H and O–H groups in total. The minimum atomic E-state index is -1.02. The van der Waals surface area contributed by atoms with Crippen LogP contribution in [0.4, 0.5) is 0 Å². The molecule has 0 aliphatic carbocycles. The van der Waals surface area contributed by atoms with Crippen molar-refractivity contribution in [3.63, 3.8) is 0 Å². The first kappa shape index (κ1) is 16.4. The lowest BCUT2D eigenvalue weighted by Gasteiger charge is -2.18. The van der Waals surface area contributed by atoms with Gasteiger partial charge >= 0.3 is 0 Å². The van der Waals surface area contributed by atoms with Gasteiger partial charge in [0.05, 0.1) is 10.8 Å². The molecule has 0 bridgehead atoms. The molecule has 2 aromatic rings. The van der Waals surface area contributed by atoms with E-state index in [4.69, 9.17) is 0 Å². The van der Waals surface area contributed by atoms with Crippen molar-refractivity contribution in [1.82, 2.24) is 5.32 Å². The van der Waals surface area contributed by atoms with Crippen molar-refractivity contribution in [2.75, 3.05) is 12.3 Å². The molecule has 0 amide bonds. The largest absolute Gasteiger partial charge is 0.309 e. The zero-order valence-electron chi connectivity index (χ0n) is 12.3. The number of hydrogen-bond acceptors (Lipinski definition) is 2. The van der Waals surface area contributed by atoms with E-state index in [-0.39, 0.29) is 6.04 Å². The van der Waals surface area contributed by atoms with E-state index >= 15 is 0 Å². The topological polar surface area (TPSA) is 29.1 Å². The van der Waals surface area contributed by atoms with Crippen molar-refractivity contribution in [2.45, 2.75) is 24.8 Å². The molecule has 2 nitrogen and oxygen atoms in total. The van der Waals surface area contributed by atoms with Crippen LogP contribution in [-0.2, 0) is 10.8 Å². The molecule has 0 saturated heterocycles. The smallest absolute Gasteiger partial charge is 0.0549 e. The van der Waals surface area contributed by atoms with Gasteiger partial charge in [0, 0.05) is 21.2 Å². The number of nitrogens with one attached hydrogen (secondary N) is 1. The first-order valence-corrected chi connectivity index (χ1v) is 9.15. The van der Waals surface area contributed by atoms with Gasteiger partial charge in [-0.3, -0.25) is 4.21 Å². The van der Waals surface area contributed by atoms with Crippen LogP contribution in [0.25, 0.3) is 0 Å². The molecule has 21 heavy (non-hydrogen) atoms. The van der Waals surface area contributed by atoms with E-state index in [2.05, 4.69) is 59.4 Å². The summed E-state index contributed by atoms with van der Waals surface area (Å²) >= 11 is 3.43. The van der Waals surface area contributed by atoms with Crippen LogP contribution in [0.15, 0.2) is 57.9 Å². The number of aryl methyl sites for hydroxylation is 1. The first-order chi connectivity index (χ1) is 10.1. The molecule has 2 unspecified atom stereocenters. The lowest BCUT2D eigenvalue weighted by Crippen LogP contribution is -2.26. The summed E-state index contributed by atoms with van der Waals surface area (Å²) in [6.07, 6.45) is 0. The maximum absolute atomic E-state index is 12.6. The number of halogens is 1. The molecule has 0 radical (unpaired) electrons. The third kappa shape index (κ3) is 4.77. The van der Waals surface area contributed by atoms with Crippen molar-refractivity contribution >= 4 is 26.7 Å². The standard InChI is InChI=1S/C17H20BrNOS/c1-3-19-17(14-9-7-13(2)8-10-14)12-21(20)16-6-4-5-15(18)11-16/h4-11,17,19H,3,12H2,1-2H3. The summed E-state index contributed by atoms with van der Waals surface area (Å²) in [6, 6.07) is 16.2. The number of hydrogen-bond donors (Lipinski definition) is 1. The number of rotatable bonds is 6. The molecule has 2 atom stereocenters. The van der Waals surface area contributed by atoms with Gasteiger partial charge < -0.3 is 5.32 Å². The van der Waals surface area contributed by atoms with Gasteiger partial charge in [-0.25, -0.2) is 0 Å². The Balaban J connectivity index is 2.16. The Morgan fingerprint density at radius 1 is 1.19 bits per heavy atom. The lowest BCUT2D eigenvalue weighted by molar-refractivity contribution is 0.594. The predicted octanol–water partition coefficient (Wildman–Crippen LogP) is 4.22. The second kappa shape index (κ2) is 7.87. The Morgan fingerprint density at radius 2 is 1.90 bits per heavy atom. The van der Waals surface area contributed by atoms with Crippen LogP contribution in [0, 0.1) is 6.92 Å². The van der Waals surface area contributed by atoms with Gasteiger partial charge in [0.2, 0.25) is 0 Å². The first-order valence-electron chi connectivity index (χ1n) is 7.04. The van der Waals surface area contributed by atoms with Gasteiger partial charge in [0.1, 0.15) is 0 Å². The van der Waals surface area contributed by atoms with Crippen molar-refractivity contribution in [3.05, 3.63) is 64.1 Å². The average molecular weight is 366 g/mol. The van der Waals surface area contributed by atoms with Crippen LogP contribution >= 0.6 is 15.9 Å². The Bertz CT molecular complexity index is 612. The van der Waals surface area contributed by atoms with Gasteiger partial charge in [0.25, 0.3) is 0 Å². The predicted molar refractivity (Wildman–Crippen MR) is 93.0 cm³/mol. The van der Waals surface area contributed by atoms with Gasteiger partial charge in [0.15, 0.2) is 0 Å². The molecule has 0 aromatic heterocycles. The summed E-state index contributed by atoms with van der Waals surface area (Å²) < 4.78 is 13.5. The average Bonchev–Trinajstić information content (AvgIpc) is 2.47. The highest BCUT2D eigenvalue weighted by molar-refractivity contribution is 9.10. The molecule has 2 aromatic carbocycles. The van der Waals surface area contributed by atoms with Gasteiger partial charge in [-0.2, -0.15) is 0 Å². The monoisotopic (exact) mass is 365 g/mol. The maximum atomic E-state index is 12.6. The van der Waals surface area contributed by atoms with Gasteiger partial charge in [-0.05, 0) is 37.2 Å². The van der Waals surface area contributed by atoms with Crippen molar-refractivity contribution in [2.24, 2.45) is 0 Å². The molecule has 2 rings (SSSR count). The second-order valence-corrected chi connectivity index (χ2v) is 7.40. The normalized spacial score (nSPS) is 13.9. The molecule has 0 fully saturated rings. The lowest BCUT2D eigenvalue weighted by atomic mass is 10.1. The second-order valence-electron chi connectivity index (χ2n) is 4.99. The van der Waals surface area contributed by atoms with Crippen molar-refractivity contribution < 1.29 is 4.21 Å². The van der Waals surface area contributed by atoms with E-state index < -0.39 is 10.8 Å². The molecule has 0 aliphatic rings. The zero-order valence-corrected chi connectivity index (χ0v) is 14.7. The highest BCUT2D eigenvalue weighted by Gasteiger charge is 2.15. The minimum absolute atomic E-state index is 0.107. The number of benzene rings is 2. The van der Waals surface area contributed by atoms with Gasteiger partial charge in [-0.1, -0.05) is 58.7 Å². The SMILES string of the molecule is CCNC(CS(=O)c1cccc(Br)c1)c1ccc(C)cc1. The Labute approximate surface area is 137 Å². The fourth-order valence-corrected chi connectivity index (χ4v) is 4.02. The maximum Gasteiger partial charge on any atom is 0.0549 e. The Kier molecular flexibility index (Phi) is 6.15. The summed E-state index contributed by atoms with van der Waals surface area (Å²) in [4.78, 5) is 0.861. The van der Waals surface area contributed by atoms with Crippen LogP contribution in [-0.4, -0.2) is 16.5 Å². The summed E-state index contributed by atoms with van der Waals surface area (Å²) in [5, 5.41) is 3.43. The fraction of sp³-hybridized carbons (Fsp3) is 0.294. The van der Waals surface area contributed by atoms with E-state index in [1.807, 2.05) is 24.3 Å². The molecule has 0 saturated carbocycles.